The van der Waals surface area contributed by atoms with Crippen LogP contribution in [0.2, 0.25) is 5.02 Å². The van der Waals surface area contributed by atoms with Crippen molar-refractivity contribution in [3.8, 4) is 5.75 Å². The largest absolute Gasteiger partial charge is 0.528 e. The van der Waals surface area contributed by atoms with Gasteiger partial charge in [0.2, 0.25) is 0 Å². The second-order valence-corrected chi connectivity index (χ2v) is 12.4. The lowest BCUT2D eigenvalue weighted by molar-refractivity contribution is -0.179. The molecule has 2 unspecified atom stereocenters. The summed E-state index contributed by atoms with van der Waals surface area (Å²) in [5.41, 5.74) is 1.95. The molecule has 0 amide bonds. The van der Waals surface area contributed by atoms with E-state index in [0.29, 0.717) is 42.5 Å². The number of hydroxylamine groups is 2. The molecule has 2 atom stereocenters. The van der Waals surface area contributed by atoms with Crippen LogP contribution >= 0.6 is 11.6 Å². The molecule has 1 aliphatic heterocycles. The molecule has 0 bridgehead atoms. The first-order valence-electron chi connectivity index (χ1n) is 15.0. The van der Waals surface area contributed by atoms with Crippen LogP contribution in [0.3, 0.4) is 0 Å². The summed E-state index contributed by atoms with van der Waals surface area (Å²) in [5, 5.41) is 4.51. The van der Waals surface area contributed by atoms with Crippen LogP contribution in [0, 0.1) is 0 Å². The smallest absolute Gasteiger partial charge is 0.490 e. The fraction of sp³-hybridized carbons (Fsp3) is 0.333. The zero-order valence-electron chi connectivity index (χ0n) is 25.7. The lowest BCUT2D eigenvalue weighted by Gasteiger charge is -2.37. The van der Waals surface area contributed by atoms with Crippen LogP contribution in [-0.4, -0.2) is 55.2 Å². The third-order valence-corrected chi connectivity index (χ3v) is 7.62. The number of nitrogens with zero attached hydrogens (tertiary/aromatic N) is 1. The topological polar surface area (TPSA) is 83.5 Å². The van der Waals surface area contributed by atoms with Gasteiger partial charge in [0, 0.05) is 17.5 Å². The molecular weight excluding hydrogens is 594 g/mol. The van der Waals surface area contributed by atoms with Crippen molar-refractivity contribution in [3.05, 3.63) is 113 Å². The minimum atomic E-state index is -0.727. The number of halogens is 1. The van der Waals surface area contributed by atoms with E-state index in [1.807, 2.05) is 36.4 Å². The predicted octanol–water partition coefficient (Wildman–Crippen LogP) is 7.97. The number of esters is 1. The van der Waals surface area contributed by atoms with Crippen molar-refractivity contribution in [2.45, 2.75) is 51.4 Å². The summed E-state index contributed by atoms with van der Waals surface area (Å²) in [6, 6.07) is 28.9. The molecule has 0 N–H and O–H groups in total. The molecule has 45 heavy (non-hydrogen) atoms. The molecule has 236 valence electrons. The van der Waals surface area contributed by atoms with Crippen molar-refractivity contribution in [2.24, 2.45) is 0 Å². The van der Waals surface area contributed by atoms with Crippen LogP contribution in [0.15, 0.2) is 91.0 Å². The Morgan fingerprint density at radius 3 is 2.36 bits per heavy atom. The molecule has 0 radical (unpaired) electrons. The minimum Gasteiger partial charge on any atom is -0.490 e. The maximum Gasteiger partial charge on any atom is 0.528 e. The molecule has 1 heterocycles. The number of ether oxygens (including phenoxy) is 4. The van der Waals surface area contributed by atoms with E-state index >= 15 is 0 Å². The minimum absolute atomic E-state index is 0.0679. The Labute approximate surface area is 268 Å². The summed E-state index contributed by atoms with van der Waals surface area (Å²) < 4.78 is 23.0. The van der Waals surface area contributed by atoms with Gasteiger partial charge in [-0.15, -0.1) is 5.06 Å². The SMILES string of the molecule is CC(C)(C)OC(=O)ON1CCC(c2ccc(OCCOC(=O)c3ccc(Cl)cc3)cc2)C(OCc2ccc3ccccc3c2)C1. The van der Waals surface area contributed by atoms with Crippen molar-refractivity contribution in [2.75, 3.05) is 26.3 Å². The van der Waals surface area contributed by atoms with Crippen LogP contribution < -0.4 is 4.74 Å². The van der Waals surface area contributed by atoms with Crippen molar-refractivity contribution in [1.29, 1.82) is 0 Å². The molecule has 1 aliphatic rings. The first-order chi connectivity index (χ1) is 21.6. The summed E-state index contributed by atoms with van der Waals surface area (Å²) in [7, 11) is 0. The van der Waals surface area contributed by atoms with Crippen LogP contribution in [0.25, 0.3) is 10.8 Å². The third kappa shape index (κ3) is 9.44. The fourth-order valence-electron chi connectivity index (χ4n) is 5.20. The number of carbonyl (C=O) groups excluding carboxylic acids is 2. The van der Waals surface area contributed by atoms with E-state index in [1.165, 1.54) is 5.39 Å². The van der Waals surface area contributed by atoms with Crippen molar-refractivity contribution in [1.82, 2.24) is 5.06 Å². The van der Waals surface area contributed by atoms with Crippen molar-refractivity contribution >= 4 is 34.5 Å². The van der Waals surface area contributed by atoms with Crippen molar-refractivity contribution < 1.29 is 33.4 Å². The summed E-state index contributed by atoms with van der Waals surface area (Å²) in [5.74, 6) is 0.307. The zero-order chi connectivity index (χ0) is 31.8. The number of piperidine rings is 1. The highest BCUT2D eigenvalue weighted by Crippen LogP contribution is 2.33. The summed E-state index contributed by atoms with van der Waals surface area (Å²) in [4.78, 5) is 30.1. The first kappa shape index (κ1) is 32.3. The molecule has 4 aromatic carbocycles. The maximum absolute atomic E-state index is 12.4. The fourth-order valence-corrected chi connectivity index (χ4v) is 5.33. The van der Waals surface area contributed by atoms with Gasteiger partial charge in [-0.25, -0.2) is 9.59 Å². The van der Waals surface area contributed by atoms with E-state index in [-0.39, 0.29) is 25.2 Å². The van der Waals surface area contributed by atoms with Crippen LogP contribution in [-0.2, 0) is 25.7 Å². The number of carbonyl (C=O) groups is 2. The quantitative estimate of drug-likeness (QED) is 0.129. The Morgan fingerprint density at radius 2 is 1.62 bits per heavy atom. The summed E-state index contributed by atoms with van der Waals surface area (Å²) >= 11 is 5.88. The van der Waals surface area contributed by atoms with Gasteiger partial charge in [0.1, 0.15) is 24.6 Å². The van der Waals surface area contributed by atoms with E-state index in [9.17, 15) is 9.59 Å². The van der Waals surface area contributed by atoms with Gasteiger partial charge < -0.3 is 23.8 Å². The van der Waals surface area contributed by atoms with E-state index in [4.69, 9.17) is 35.4 Å². The molecule has 1 saturated heterocycles. The highest BCUT2D eigenvalue weighted by Gasteiger charge is 2.34. The normalized spacial score (nSPS) is 17.1. The van der Waals surface area contributed by atoms with Crippen LogP contribution in [0.1, 0.15) is 54.6 Å². The Morgan fingerprint density at radius 1 is 0.889 bits per heavy atom. The van der Waals surface area contributed by atoms with Gasteiger partial charge in [-0.1, -0.05) is 60.1 Å². The molecule has 0 spiro atoms. The number of rotatable bonds is 10. The molecule has 0 saturated carbocycles. The second-order valence-electron chi connectivity index (χ2n) is 11.9. The van der Waals surface area contributed by atoms with Gasteiger partial charge >= 0.3 is 12.1 Å². The number of hydrogen-bond acceptors (Lipinski definition) is 8. The van der Waals surface area contributed by atoms with Gasteiger partial charge in [0.25, 0.3) is 0 Å². The lowest BCUT2D eigenvalue weighted by Crippen LogP contribution is -2.45. The average Bonchev–Trinajstić information content (AvgIpc) is 3.02. The monoisotopic (exact) mass is 631 g/mol. The third-order valence-electron chi connectivity index (χ3n) is 7.37. The highest BCUT2D eigenvalue weighted by molar-refractivity contribution is 6.30. The van der Waals surface area contributed by atoms with Crippen LogP contribution in [0.5, 0.6) is 5.75 Å². The first-order valence-corrected chi connectivity index (χ1v) is 15.4. The second kappa shape index (κ2) is 14.8. The molecule has 0 aliphatic carbocycles. The van der Waals surface area contributed by atoms with E-state index in [1.54, 1.807) is 50.1 Å². The molecule has 4 aromatic rings. The maximum atomic E-state index is 12.4. The molecule has 0 aromatic heterocycles. The Balaban J connectivity index is 1.20. The number of hydrogen-bond donors (Lipinski definition) is 0. The molecule has 5 rings (SSSR count). The van der Waals surface area contributed by atoms with Gasteiger partial charge in [0.15, 0.2) is 0 Å². The van der Waals surface area contributed by atoms with Crippen molar-refractivity contribution in [3.63, 3.8) is 0 Å². The predicted molar refractivity (Wildman–Crippen MR) is 172 cm³/mol. The van der Waals surface area contributed by atoms with Gasteiger partial charge in [-0.2, -0.15) is 0 Å². The van der Waals surface area contributed by atoms with Gasteiger partial charge in [-0.3, -0.25) is 0 Å². The molecule has 1 fully saturated rings. The highest BCUT2D eigenvalue weighted by atomic mass is 35.5. The lowest BCUT2D eigenvalue weighted by atomic mass is 9.87. The van der Waals surface area contributed by atoms with E-state index in [2.05, 4.69) is 30.3 Å². The van der Waals surface area contributed by atoms with Gasteiger partial charge in [0.05, 0.1) is 24.8 Å². The van der Waals surface area contributed by atoms with E-state index < -0.39 is 17.7 Å². The van der Waals surface area contributed by atoms with Gasteiger partial charge in [-0.05, 0) is 91.6 Å². The average molecular weight is 632 g/mol. The molecule has 9 heteroatoms. The zero-order valence-corrected chi connectivity index (χ0v) is 26.5. The van der Waals surface area contributed by atoms with E-state index in [0.717, 1.165) is 16.5 Å². The molecular formula is C36H38ClNO7. The number of benzene rings is 4. The Kier molecular flexibility index (Phi) is 10.6. The standard InChI is InChI=1S/C36H38ClNO7/c1-36(2,3)44-35(40)45-38-19-18-32(33(23-38)43-24-25-8-9-26-6-4-5-7-29(26)22-25)27-12-16-31(17-13-27)41-20-21-42-34(39)28-10-14-30(37)15-11-28/h4-17,22,32-33H,18-21,23-24H2,1-3H3. The van der Waals surface area contributed by atoms with Crippen LogP contribution in [0.4, 0.5) is 4.79 Å². The summed E-state index contributed by atoms with van der Waals surface area (Å²) in [6.45, 7) is 7.10. The molecule has 8 nitrogen and oxygen atoms in total. The Hall–Kier alpha value is -4.11. The number of fused-ring (bicyclic) bond motifs is 1. The Bertz CT molecular complexity index is 1580. The summed E-state index contributed by atoms with van der Waals surface area (Å²) in [6.07, 6.45) is -0.257.